The van der Waals surface area contributed by atoms with Crippen molar-refractivity contribution in [2.24, 2.45) is 0 Å². The van der Waals surface area contributed by atoms with E-state index in [9.17, 15) is 4.79 Å². The lowest BCUT2D eigenvalue weighted by Gasteiger charge is -1.85. The largest absolute Gasteiger partial charge is 0.294 e. The first kappa shape index (κ1) is 6.42. The molecule has 1 heterocycles. The number of aromatic nitrogens is 1. The molecule has 9 heavy (non-hydrogen) atoms. The summed E-state index contributed by atoms with van der Waals surface area (Å²) in [5.74, 6) is 0.0752. The molecule has 0 aromatic carbocycles. The molecule has 0 saturated carbocycles. The number of ketones is 1. The minimum Gasteiger partial charge on any atom is -0.294 e. The molecule has 1 radical (unpaired) electrons. The Balaban J connectivity index is 3.08. The molecular formula is C6H6NOS. The van der Waals surface area contributed by atoms with Gasteiger partial charge in [0.15, 0.2) is 11.3 Å². The Morgan fingerprint density at radius 2 is 2.44 bits per heavy atom. The second-order valence-corrected chi connectivity index (χ2v) is 2.57. The second-order valence-electron chi connectivity index (χ2n) is 1.78. The van der Waals surface area contributed by atoms with E-state index in [2.05, 4.69) is 10.5 Å². The van der Waals surface area contributed by atoms with Gasteiger partial charge >= 0.3 is 0 Å². The summed E-state index contributed by atoms with van der Waals surface area (Å²) >= 11 is 1.27. The normalized spacial score (nSPS) is 9.56. The summed E-state index contributed by atoms with van der Waals surface area (Å²) in [5.41, 5.74) is 3.43. The third-order valence-corrected chi connectivity index (χ3v) is 1.98. The standard InChI is InChI=1S/C6H6NOS/c1-4-6(5(2)8)9-3-7-4/h1-2H3. The van der Waals surface area contributed by atoms with Crippen molar-refractivity contribution in [3.63, 3.8) is 0 Å². The summed E-state index contributed by atoms with van der Waals surface area (Å²) in [5, 5.41) is 0. The van der Waals surface area contributed by atoms with Crippen molar-refractivity contribution < 1.29 is 4.79 Å². The van der Waals surface area contributed by atoms with E-state index in [0.29, 0.717) is 0 Å². The minimum absolute atomic E-state index is 0.0752. The zero-order valence-corrected chi connectivity index (χ0v) is 6.08. The maximum absolute atomic E-state index is 10.7. The SMILES string of the molecule is CC(=O)c1s[c]nc1C. The Bertz CT molecular complexity index is 229. The van der Waals surface area contributed by atoms with Crippen LogP contribution >= 0.6 is 11.3 Å². The van der Waals surface area contributed by atoms with Gasteiger partial charge in [0.2, 0.25) is 0 Å². The van der Waals surface area contributed by atoms with Gasteiger partial charge in [-0.3, -0.25) is 4.79 Å². The number of aryl methyl sites for hydroxylation is 1. The minimum atomic E-state index is 0.0752. The lowest BCUT2D eigenvalue weighted by molar-refractivity contribution is 0.102. The highest BCUT2D eigenvalue weighted by Crippen LogP contribution is 2.10. The van der Waals surface area contributed by atoms with Crippen LogP contribution in [-0.2, 0) is 0 Å². The fourth-order valence-corrected chi connectivity index (χ4v) is 1.20. The molecule has 1 aromatic heterocycles. The Labute approximate surface area is 57.5 Å². The van der Waals surface area contributed by atoms with E-state index in [-0.39, 0.29) is 5.78 Å². The highest BCUT2D eigenvalue weighted by Gasteiger charge is 2.04. The Hall–Kier alpha value is -0.700. The van der Waals surface area contributed by atoms with E-state index >= 15 is 0 Å². The molecule has 0 amide bonds. The highest BCUT2D eigenvalue weighted by atomic mass is 32.1. The van der Waals surface area contributed by atoms with Gasteiger partial charge in [-0.05, 0) is 6.92 Å². The topological polar surface area (TPSA) is 30.0 Å². The van der Waals surface area contributed by atoms with Crippen LogP contribution in [-0.4, -0.2) is 10.8 Å². The van der Waals surface area contributed by atoms with Gasteiger partial charge in [0.25, 0.3) is 0 Å². The number of carbonyl (C=O) groups is 1. The van der Waals surface area contributed by atoms with Crippen molar-refractivity contribution in [2.75, 3.05) is 0 Å². The molecule has 0 N–H and O–H groups in total. The number of hydrogen-bond acceptors (Lipinski definition) is 3. The molecule has 0 spiro atoms. The van der Waals surface area contributed by atoms with Crippen LogP contribution in [0.15, 0.2) is 0 Å². The zero-order valence-electron chi connectivity index (χ0n) is 5.26. The fraction of sp³-hybridized carbons (Fsp3) is 0.333. The van der Waals surface area contributed by atoms with E-state index < -0.39 is 0 Å². The van der Waals surface area contributed by atoms with Crippen LogP contribution in [0.2, 0.25) is 0 Å². The molecular weight excluding hydrogens is 134 g/mol. The van der Waals surface area contributed by atoms with E-state index in [1.807, 2.05) is 6.92 Å². The molecule has 0 saturated heterocycles. The first-order valence-electron chi connectivity index (χ1n) is 2.56. The maximum atomic E-state index is 10.7. The maximum Gasteiger partial charge on any atom is 0.171 e. The van der Waals surface area contributed by atoms with Gasteiger partial charge in [-0.25, -0.2) is 4.98 Å². The van der Waals surface area contributed by atoms with Gasteiger partial charge in [-0.2, -0.15) is 0 Å². The molecule has 0 atom stereocenters. The van der Waals surface area contributed by atoms with Crippen molar-refractivity contribution in [1.82, 2.24) is 4.98 Å². The Morgan fingerprint density at radius 1 is 1.78 bits per heavy atom. The summed E-state index contributed by atoms with van der Waals surface area (Å²) in [6.45, 7) is 3.35. The van der Waals surface area contributed by atoms with Gasteiger partial charge in [0, 0.05) is 6.92 Å². The van der Waals surface area contributed by atoms with E-state index in [4.69, 9.17) is 0 Å². The first-order valence-corrected chi connectivity index (χ1v) is 3.38. The lowest BCUT2D eigenvalue weighted by Crippen LogP contribution is -1.89. The first-order chi connectivity index (χ1) is 4.22. The van der Waals surface area contributed by atoms with Crippen LogP contribution in [0.3, 0.4) is 0 Å². The van der Waals surface area contributed by atoms with Crippen molar-refractivity contribution in [1.29, 1.82) is 0 Å². The van der Waals surface area contributed by atoms with Crippen LogP contribution in [0.5, 0.6) is 0 Å². The number of Topliss-reactive ketones (excluding diaryl/α,β-unsaturated/α-hetero) is 1. The van der Waals surface area contributed by atoms with Crippen molar-refractivity contribution in [2.45, 2.75) is 13.8 Å². The van der Waals surface area contributed by atoms with Crippen LogP contribution < -0.4 is 0 Å². The number of thiazole rings is 1. The molecule has 0 aliphatic carbocycles. The van der Waals surface area contributed by atoms with E-state index in [1.165, 1.54) is 18.3 Å². The predicted molar refractivity (Wildman–Crippen MR) is 35.7 cm³/mol. The van der Waals surface area contributed by atoms with Gasteiger partial charge in [0.1, 0.15) is 0 Å². The zero-order chi connectivity index (χ0) is 6.85. The van der Waals surface area contributed by atoms with Crippen LogP contribution in [0.25, 0.3) is 0 Å². The molecule has 1 aromatic rings. The summed E-state index contributed by atoms with van der Waals surface area (Å²) in [4.78, 5) is 15.2. The summed E-state index contributed by atoms with van der Waals surface area (Å²) in [6, 6.07) is 0. The van der Waals surface area contributed by atoms with Gasteiger partial charge in [-0.1, -0.05) is 0 Å². The molecule has 0 aliphatic heterocycles. The summed E-state index contributed by atoms with van der Waals surface area (Å²) < 4.78 is 0. The van der Waals surface area contributed by atoms with Crippen LogP contribution in [0.4, 0.5) is 0 Å². The third kappa shape index (κ3) is 1.16. The molecule has 47 valence electrons. The molecule has 1 rings (SSSR count). The number of rotatable bonds is 1. The van der Waals surface area contributed by atoms with Crippen LogP contribution in [0, 0.1) is 12.4 Å². The average Bonchev–Trinajstić information content (AvgIpc) is 2.13. The Morgan fingerprint density at radius 3 is 2.67 bits per heavy atom. The van der Waals surface area contributed by atoms with Gasteiger partial charge in [0.05, 0.1) is 10.6 Å². The predicted octanol–water partition coefficient (Wildman–Crippen LogP) is 1.45. The molecule has 3 heteroatoms. The molecule has 2 nitrogen and oxygen atoms in total. The van der Waals surface area contributed by atoms with Gasteiger partial charge < -0.3 is 0 Å². The van der Waals surface area contributed by atoms with Crippen molar-refractivity contribution >= 4 is 17.1 Å². The third-order valence-electron chi connectivity index (χ3n) is 1.01. The lowest BCUT2D eigenvalue weighted by atomic mass is 10.3. The smallest absolute Gasteiger partial charge is 0.171 e. The molecule has 0 unspecified atom stereocenters. The van der Waals surface area contributed by atoms with Crippen molar-refractivity contribution in [3.05, 3.63) is 16.1 Å². The summed E-state index contributed by atoms with van der Waals surface area (Å²) in [7, 11) is 0. The quantitative estimate of drug-likeness (QED) is 0.553. The van der Waals surface area contributed by atoms with Gasteiger partial charge in [-0.15, -0.1) is 11.3 Å². The average molecular weight is 140 g/mol. The highest BCUT2D eigenvalue weighted by molar-refractivity contribution is 7.11. The summed E-state index contributed by atoms with van der Waals surface area (Å²) in [6.07, 6.45) is 0. The molecule has 0 bridgehead atoms. The molecule has 0 fully saturated rings. The number of carbonyl (C=O) groups excluding carboxylic acids is 1. The van der Waals surface area contributed by atoms with Crippen LogP contribution in [0.1, 0.15) is 22.3 Å². The monoisotopic (exact) mass is 140 g/mol. The number of hydrogen-bond donors (Lipinski definition) is 0. The van der Waals surface area contributed by atoms with E-state index in [1.54, 1.807) is 0 Å². The second kappa shape index (κ2) is 2.27. The van der Waals surface area contributed by atoms with E-state index in [0.717, 1.165) is 10.6 Å². The number of nitrogens with zero attached hydrogens (tertiary/aromatic N) is 1. The van der Waals surface area contributed by atoms with Crippen molar-refractivity contribution in [3.8, 4) is 0 Å². The molecule has 0 aliphatic rings. The fourth-order valence-electron chi connectivity index (χ4n) is 0.588. The Kier molecular flexibility index (Phi) is 1.62.